The van der Waals surface area contributed by atoms with Crippen molar-refractivity contribution in [2.45, 2.75) is 60.8 Å². The molecule has 0 amide bonds. The maximum Gasteiger partial charge on any atom is 0.226 e. The predicted molar refractivity (Wildman–Crippen MR) is 199 cm³/mol. The van der Waals surface area contributed by atoms with Crippen molar-refractivity contribution < 1.29 is 0 Å². The average molecular weight is 654 g/mol. The van der Waals surface area contributed by atoms with Crippen molar-refractivity contribution in [3.8, 4) is 0 Å². The summed E-state index contributed by atoms with van der Waals surface area (Å²) in [6.07, 6.45) is 2.17. The predicted octanol–water partition coefficient (Wildman–Crippen LogP) is 10.3. The lowest BCUT2D eigenvalue weighted by molar-refractivity contribution is 0.303. The van der Waals surface area contributed by atoms with Crippen molar-refractivity contribution in [1.29, 1.82) is 0 Å². The van der Waals surface area contributed by atoms with Gasteiger partial charge in [-0.05, 0) is 111 Å². The highest BCUT2D eigenvalue weighted by atomic mass is 15.2. The molecule has 0 saturated carbocycles. The zero-order valence-electron chi connectivity index (χ0n) is 29.6. The van der Waals surface area contributed by atoms with E-state index in [0.717, 1.165) is 100 Å². The molecule has 0 radical (unpaired) electrons. The van der Waals surface area contributed by atoms with Gasteiger partial charge in [0.2, 0.25) is 5.95 Å². The van der Waals surface area contributed by atoms with Crippen molar-refractivity contribution in [2.24, 2.45) is 20.5 Å². The van der Waals surface area contributed by atoms with Gasteiger partial charge in [-0.15, -0.1) is 0 Å². The third-order valence-electron chi connectivity index (χ3n) is 8.56. The fourth-order valence-electron chi connectivity index (χ4n) is 5.62. The first-order chi connectivity index (χ1) is 23.8. The minimum absolute atomic E-state index is 0.579. The largest absolute Gasteiger partial charge is 0.354 e. The number of rotatable bonds is 15. The highest BCUT2D eigenvalue weighted by Gasteiger charge is 2.10. The molecule has 1 N–H and O–H groups in total. The summed E-state index contributed by atoms with van der Waals surface area (Å²) in [5.41, 5.74) is 10.1. The number of benzene rings is 4. The zero-order valence-corrected chi connectivity index (χ0v) is 29.6. The van der Waals surface area contributed by atoms with Crippen LogP contribution >= 0.6 is 0 Å². The lowest BCUT2D eigenvalue weighted by atomic mass is 10.1. The Kier molecular flexibility index (Phi) is 12.4. The Bertz CT molecular complexity index is 1710. The molecule has 0 aliphatic rings. The molecule has 0 aliphatic carbocycles. The number of aromatic nitrogens is 3. The van der Waals surface area contributed by atoms with Gasteiger partial charge in [0, 0.05) is 19.4 Å². The van der Waals surface area contributed by atoms with E-state index < -0.39 is 0 Å². The van der Waals surface area contributed by atoms with Crippen LogP contribution in [0.4, 0.5) is 28.7 Å². The Labute approximate surface area is 290 Å². The molecule has 1 aromatic heterocycles. The Balaban J connectivity index is 1.30. The van der Waals surface area contributed by atoms with Crippen LogP contribution in [-0.4, -0.2) is 46.0 Å². The number of azo groups is 2. The third kappa shape index (κ3) is 10.2. The van der Waals surface area contributed by atoms with E-state index in [4.69, 9.17) is 15.0 Å². The zero-order chi connectivity index (χ0) is 34.6. The van der Waals surface area contributed by atoms with Gasteiger partial charge in [0.05, 0.1) is 22.7 Å². The summed E-state index contributed by atoms with van der Waals surface area (Å²) in [6, 6.07) is 28.5. The topological polar surface area (TPSA) is 103 Å². The quantitative estimate of drug-likeness (QED) is 0.0894. The molecular weight excluding hydrogens is 607 g/mol. The van der Waals surface area contributed by atoms with E-state index in [1.807, 2.05) is 36.4 Å². The van der Waals surface area contributed by atoms with Crippen LogP contribution in [0.1, 0.15) is 65.3 Å². The SMILES string of the molecule is CCN(CC)CCCNc1nc(Cc2ccc(N=Nc3c(C)cccc3C)cc2)nc(Cc2ccc(N=Nc3c(C)cccc3C)cc2)n1. The van der Waals surface area contributed by atoms with Crippen molar-refractivity contribution in [1.82, 2.24) is 19.9 Å². The number of anilines is 1. The maximum absolute atomic E-state index is 4.89. The van der Waals surface area contributed by atoms with Crippen LogP contribution in [0.25, 0.3) is 0 Å². The highest BCUT2D eigenvalue weighted by Crippen LogP contribution is 2.27. The first-order valence-corrected chi connectivity index (χ1v) is 17.1. The van der Waals surface area contributed by atoms with Crippen LogP contribution in [-0.2, 0) is 12.8 Å². The van der Waals surface area contributed by atoms with Gasteiger partial charge in [-0.2, -0.15) is 30.4 Å². The van der Waals surface area contributed by atoms with Gasteiger partial charge in [-0.25, -0.2) is 4.98 Å². The van der Waals surface area contributed by atoms with E-state index in [-0.39, 0.29) is 0 Å². The van der Waals surface area contributed by atoms with Crippen molar-refractivity contribution in [3.63, 3.8) is 0 Å². The Hall–Kier alpha value is -5.15. The summed E-state index contributed by atoms with van der Waals surface area (Å²) in [6.45, 7) is 16.5. The molecule has 5 rings (SSSR count). The first kappa shape index (κ1) is 35.2. The molecule has 0 spiro atoms. The minimum atomic E-state index is 0.579. The summed E-state index contributed by atoms with van der Waals surface area (Å²) < 4.78 is 0. The molecule has 4 aromatic carbocycles. The summed E-state index contributed by atoms with van der Waals surface area (Å²) in [4.78, 5) is 16.9. The lowest BCUT2D eigenvalue weighted by Gasteiger charge is -2.17. The summed E-state index contributed by atoms with van der Waals surface area (Å²) in [5.74, 6) is 2.05. The van der Waals surface area contributed by atoms with E-state index in [0.29, 0.717) is 18.8 Å². The normalized spacial score (nSPS) is 11.7. The fraction of sp³-hybridized carbons (Fsp3) is 0.325. The molecule has 0 fully saturated rings. The molecule has 0 aliphatic heterocycles. The van der Waals surface area contributed by atoms with Crippen LogP contribution in [0, 0.1) is 27.7 Å². The number of hydrogen-bond donors (Lipinski definition) is 1. The molecule has 9 nitrogen and oxygen atoms in total. The van der Waals surface area contributed by atoms with Gasteiger partial charge >= 0.3 is 0 Å². The minimum Gasteiger partial charge on any atom is -0.354 e. The summed E-state index contributed by atoms with van der Waals surface area (Å²) in [5, 5.41) is 21.5. The van der Waals surface area contributed by atoms with Gasteiger partial charge in [0.15, 0.2) is 0 Å². The molecule has 0 unspecified atom stereocenters. The van der Waals surface area contributed by atoms with Crippen molar-refractivity contribution >= 4 is 28.7 Å². The number of nitrogens with zero attached hydrogens (tertiary/aromatic N) is 8. The Morgan fingerprint density at radius 2 is 0.980 bits per heavy atom. The molecule has 0 saturated heterocycles. The van der Waals surface area contributed by atoms with E-state index in [1.54, 1.807) is 0 Å². The second-order valence-corrected chi connectivity index (χ2v) is 12.4. The molecule has 0 bridgehead atoms. The van der Waals surface area contributed by atoms with Crippen molar-refractivity contribution in [2.75, 3.05) is 31.5 Å². The van der Waals surface area contributed by atoms with E-state index in [9.17, 15) is 0 Å². The Morgan fingerprint density at radius 1 is 0.551 bits per heavy atom. The van der Waals surface area contributed by atoms with Crippen LogP contribution in [0.5, 0.6) is 0 Å². The molecule has 49 heavy (non-hydrogen) atoms. The van der Waals surface area contributed by atoms with Crippen LogP contribution in [0.2, 0.25) is 0 Å². The van der Waals surface area contributed by atoms with Gasteiger partial charge in [-0.1, -0.05) is 74.5 Å². The van der Waals surface area contributed by atoms with Crippen LogP contribution in [0.15, 0.2) is 105 Å². The highest BCUT2D eigenvalue weighted by molar-refractivity contribution is 5.53. The summed E-state index contributed by atoms with van der Waals surface area (Å²) >= 11 is 0. The summed E-state index contributed by atoms with van der Waals surface area (Å²) in [7, 11) is 0. The fourth-order valence-corrected chi connectivity index (χ4v) is 5.62. The van der Waals surface area contributed by atoms with E-state index >= 15 is 0 Å². The molecule has 1 heterocycles. The molecule has 0 atom stereocenters. The Morgan fingerprint density at radius 3 is 1.39 bits per heavy atom. The molecule has 9 heteroatoms. The van der Waals surface area contributed by atoms with Crippen LogP contribution < -0.4 is 5.32 Å². The smallest absolute Gasteiger partial charge is 0.226 e. The maximum atomic E-state index is 4.89. The standard InChI is InChI=1S/C40H47N9/c1-7-49(8-2)25-11-24-41-40-43-36(26-32-16-20-34(21-17-32)45-47-38-28(3)12-9-13-29(38)4)42-37(44-40)27-33-18-22-35(23-19-33)46-48-39-30(5)14-10-15-31(39)6/h9-10,12-23H,7-8,11,24-27H2,1-6H3,(H,41,42,43,44). The van der Waals surface area contributed by atoms with Crippen molar-refractivity contribution in [3.05, 3.63) is 130 Å². The van der Waals surface area contributed by atoms with Crippen LogP contribution in [0.3, 0.4) is 0 Å². The number of aryl methyl sites for hydroxylation is 4. The first-order valence-electron chi connectivity index (χ1n) is 17.1. The molecule has 5 aromatic rings. The monoisotopic (exact) mass is 653 g/mol. The average Bonchev–Trinajstić information content (AvgIpc) is 3.09. The second kappa shape index (κ2) is 17.3. The number of nitrogens with one attached hydrogen (secondary N) is 1. The molecule has 252 valence electrons. The second-order valence-electron chi connectivity index (χ2n) is 12.4. The van der Waals surface area contributed by atoms with E-state index in [1.165, 1.54) is 0 Å². The van der Waals surface area contributed by atoms with Gasteiger partial charge in [0.1, 0.15) is 11.6 Å². The van der Waals surface area contributed by atoms with Gasteiger partial charge in [-0.3, -0.25) is 0 Å². The van der Waals surface area contributed by atoms with Gasteiger partial charge in [0.25, 0.3) is 0 Å². The van der Waals surface area contributed by atoms with Gasteiger partial charge < -0.3 is 10.2 Å². The number of hydrogen-bond acceptors (Lipinski definition) is 9. The third-order valence-corrected chi connectivity index (χ3v) is 8.56. The lowest BCUT2D eigenvalue weighted by Crippen LogP contribution is -2.25. The van der Waals surface area contributed by atoms with E-state index in [2.05, 4.69) is 121 Å². The molecular formula is C40H47N9.